The highest BCUT2D eigenvalue weighted by Gasteiger charge is 2.27. The molecule has 6 nitrogen and oxygen atoms in total. The Morgan fingerprint density at radius 1 is 1.61 bits per heavy atom. The molecule has 0 bridgehead atoms. The number of rotatable bonds is 3. The van der Waals surface area contributed by atoms with E-state index in [9.17, 15) is 4.79 Å². The molecular weight excluding hydrogens is 232 g/mol. The van der Waals surface area contributed by atoms with Crippen LogP contribution in [0.2, 0.25) is 0 Å². The SMILES string of the molecule is CN(C(=O)C(N)c1cnn(C)c1)C1CCOCC1. The lowest BCUT2D eigenvalue weighted by molar-refractivity contribution is -0.135. The summed E-state index contributed by atoms with van der Waals surface area (Å²) in [5, 5.41) is 4.04. The van der Waals surface area contributed by atoms with Gasteiger partial charge in [-0.25, -0.2) is 0 Å². The van der Waals surface area contributed by atoms with Crippen molar-refractivity contribution in [2.24, 2.45) is 12.8 Å². The van der Waals surface area contributed by atoms with Crippen molar-refractivity contribution in [3.05, 3.63) is 18.0 Å². The standard InChI is InChI=1S/C12H20N4O2/c1-15-8-9(7-14-15)11(13)12(17)16(2)10-3-5-18-6-4-10/h7-8,10-11H,3-6,13H2,1-2H3. The van der Waals surface area contributed by atoms with E-state index in [0.717, 1.165) is 18.4 Å². The largest absolute Gasteiger partial charge is 0.381 e. The van der Waals surface area contributed by atoms with E-state index in [-0.39, 0.29) is 11.9 Å². The van der Waals surface area contributed by atoms with Gasteiger partial charge < -0.3 is 15.4 Å². The van der Waals surface area contributed by atoms with Crippen LogP contribution in [0.4, 0.5) is 0 Å². The third-order valence-electron chi connectivity index (χ3n) is 3.44. The zero-order valence-electron chi connectivity index (χ0n) is 10.9. The maximum Gasteiger partial charge on any atom is 0.244 e. The monoisotopic (exact) mass is 252 g/mol. The molecule has 1 amide bonds. The molecule has 1 atom stereocenters. The van der Waals surface area contributed by atoms with E-state index in [2.05, 4.69) is 5.10 Å². The number of nitrogens with two attached hydrogens (primary N) is 1. The van der Waals surface area contributed by atoms with Gasteiger partial charge in [0.15, 0.2) is 0 Å². The van der Waals surface area contributed by atoms with Gasteiger partial charge in [0.1, 0.15) is 6.04 Å². The van der Waals surface area contributed by atoms with Crippen molar-refractivity contribution in [1.82, 2.24) is 14.7 Å². The summed E-state index contributed by atoms with van der Waals surface area (Å²) in [6.45, 7) is 1.43. The first-order valence-electron chi connectivity index (χ1n) is 6.18. The Kier molecular flexibility index (Phi) is 3.98. The molecule has 0 aromatic carbocycles. The highest BCUT2D eigenvalue weighted by molar-refractivity contribution is 5.83. The van der Waals surface area contributed by atoms with Crippen LogP contribution in [-0.4, -0.2) is 46.9 Å². The molecule has 0 aliphatic carbocycles. The van der Waals surface area contributed by atoms with E-state index in [1.807, 2.05) is 14.1 Å². The number of nitrogens with zero attached hydrogens (tertiary/aromatic N) is 3. The number of hydrogen-bond acceptors (Lipinski definition) is 4. The molecule has 0 saturated carbocycles. The molecular formula is C12H20N4O2. The Morgan fingerprint density at radius 2 is 2.28 bits per heavy atom. The topological polar surface area (TPSA) is 73.4 Å². The average molecular weight is 252 g/mol. The molecule has 1 unspecified atom stereocenters. The maximum atomic E-state index is 12.3. The van der Waals surface area contributed by atoms with Gasteiger partial charge in [-0.15, -0.1) is 0 Å². The third-order valence-corrected chi connectivity index (χ3v) is 3.44. The third kappa shape index (κ3) is 2.70. The van der Waals surface area contributed by atoms with Crippen LogP contribution in [0.5, 0.6) is 0 Å². The molecule has 6 heteroatoms. The molecule has 2 N–H and O–H groups in total. The van der Waals surface area contributed by atoms with Crippen molar-refractivity contribution in [2.75, 3.05) is 20.3 Å². The van der Waals surface area contributed by atoms with Crippen molar-refractivity contribution in [3.63, 3.8) is 0 Å². The van der Waals surface area contributed by atoms with Gasteiger partial charge in [-0.05, 0) is 12.8 Å². The van der Waals surface area contributed by atoms with E-state index in [1.165, 1.54) is 0 Å². The van der Waals surface area contributed by atoms with Crippen LogP contribution in [0.1, 0.15) is 24.4 Å². The number of hydrogen-bond donors (Lipinski definition) is 1. The van der Waals surface area contributed by atoms with Crippen LogP contribution >= 0.6 is 0 Å². The molecule has 1 aliphatic heterocycles. The molecule has 2 rings (SSSR count). The normalized spacial score (nSPS) is 18.6. The molecule has 0 radical (unpaired) electrons. The van der Waals surface area contributed by atoms with E-state index < -0.39 is 6.04 Å². The smallest absolute Gasteiger partial charge is 0.244 e. The summed E-state index contributed by atoms with van der Waals surface area (Å²) in [5.74, 6) is -0.0603. The van der Waals surface area contributed by atoms with Crippen molar-refractivity contribution in [3.8, 4) is 0 Å². The Balaban J connectivity index is 2.01. The molecule has 1 fully saturated rings. The van der Waals surface area contributed by atoms with Crippen molar-refractivity contribution in [1.29, 1.82) is 0 Å². The lowest BCUT2D eigenvalue weighted by atomic mass is 10.1. The second-order valence-corrected chi connectivity index (χ2v) is 4.72. The van der Waals surface area contributed by atoms with E-state index in [4.69, 9.17) is 10.5 Å². The zero-order valence-corrected chi connectivity index (χ0v) is 10.9. The number of aromatic nitrogens is 2. The lowest BCUT2D eigenvalue weighted by Crippen LogP contribution is -2.44. The number of amides is 1. The molecule has 2 heterocycles. The molecule has 1 saturated heterocycles. The summed E-state index contributed by atoms with van der Waals surface area (Å²) in [5.41, 5.74) is 6.73. The average Bonchev–Trinajstić information content (AvgIpc) is 2.84. The Hall–Kier alpha value is -1.40. The van der Waals surface area contributed by atoms with Crippen LogP contribution in [0.25, 0.3) is 0 Å². The number of carbonyl (C=O) groups is 1. The number of aryl methyl sites for hydroxylation is 1. The molecule has 1 aromatic rings. The summed E-state index contributed by atoms with van der Waals surface area (Å²) < 4.78 is 6.95. The molecule has 1 aromatic heterocycles. The minimum atomic E-state index is -0.633. The van der Waals surface area contributed by atoms with Gasteiger partial charge >= 0.3 is 0 Å². The zero-order chi connectivity index (χ0) is 13.1. The van der Waals surface area contributed by atoms with Gasteiger partial charge in [-0.3, -0.25) is 9.48 Å². The summed E-state index contributed by atoms with van der Waals surface area (Å²) in [6.07, 6.45) is 5.17. The van der Waals surface area contributed by atoms with Crippen LogP contribution in [-0.2, 0) is 16.6 Å². The Bertz CT molecular complexity index is 412. The summed E-state index contributed by atoms with van der Waals surface area (Å²) in [6, 6.07) is -0.402. The molecule has 1 aliphatic rings. The van der Waals surface area contributed by atoms with Crippen molar-refractivity contribution >= 4 is 5.91 Å². The summed E-state index contributed by atoms with van der Waals surface area (Å²) in [4.78, 5) is 14.0. The predicted octanol–water partition coefficient (Wildman–Crippen LogP) is 0.0573. The van der Waals surface area contributed by atoms with Gasteiger partial charge in [0.2, 0.25) is 5.91 Å². The molecule has 0 spiro atoms. The fourth-order valence-corrected chi connectivity index (χ4v) is 2.22. The summed E-state index contributed by atoms with van der Waals surface area (Å²) in [7, 11) is 3.62. The van der Waals surface area contributed by atoms with E-state index >= 15 is 0 Å². The van der Waals surface area contributed by atoms with Crippen LogP contribution < -0.4 is 5.73 Å². The Morgan fingerprint density at radius 3 is 2.83 bits per heavy atom. The van der Waals surface area contributed by atoms with Crippen LogP contribution in [0, 0.1) is 0 Å². The minimum absolute atomic E-state index is 0.0603. The van der Waals surface area contributed by atoms with Crippen LogP contribution in [0.15, 0.2) is 12.4 Å². The summed E-state index contributed by atoms with van der Waals surface area (Å²) >= 11 is 0. The minimum Gasteiger partial charge on any atom is -0.381 e. The first-order chi connectivity index (χ1) is 8.59. The fourth-order valence-electron chi connectivity index (χ4n) is 2.22. The number of ether oxygens (including phenoxy) is 1. The van der Waals surface area contributed by atoms with E-state index in [0.29, 0.717) is 13.2 Å². The molecule has 18 heavy (non-hydrogen) atoms. The highest BCUT2D eigenvalue weighted by Crippen LogP contribution is 2.18. The number of likely N-dealkylation sites (N-methyl/N-ethyl adjacent to an activating group) is 1. The quantitative estimate of drug-likeness (QED) is 0.825. The highest BCUT2D eigenvalue weighted by atomic mass is 16.5. The fraction of sp³-hybridized carbons (Fsp3) is 0.667. The van der Waals surface area contributed by atoms with Gasteiger partial charge in [0, 0.05) is 45.1 Å². The van der Waals surface area contributed by atoms with Gasteiger partial charge in [0.05, 0.1) is 6.20 Å². The van der Waals surface area contributed by atoms with Gasteiger partial charge in [-0.2, -0.15) is 5.10 Å². The van der Waals surface area contributed by atoms with Gasteiger partial charge in [-0.1, -0.05) is 0 Å². The predicted molar refractivity (Wildman–Crippen MR) is 66.7 cm³/mol. The van der Waals surface area contributed by atoms with E-state index in [1.54, 1.807) is 22.0 Å². The van der Waals surface area contributed by atoms with Crippen LogP contribution in [0.3, 0.4) is 0 Å². The maximum absolute atomic E-state index is 12.3. The van der Waals surface area contributed by atoms with Gasteiger partial charge in [0.25, 0.3) is 0 Å². The second kappa shape index (κ2) is 5.49. The Labute approximate surface area is 107 Å². The first kappa shape index (κ1) is 13.0. The lowest BCUT2D eigenvalue weighted by Gasteiger charge is -2.32. The molecule has 100 valence electrons. The first-order valence-corrected chi connectivity index (χ1v) is 6.18. The second-order valence-electron chi connectivity index (χ2n) is 4.72. The number of carbonyl (C=O) groups excluding carboxylic acids is 1. The van der Waals surface area contributed by atoms with Crippen molar-refractivity contribution < 1.29 is 9.53 Å². The van der Waals surface area contributed by atoms with Crippen molar-refractivity contribution in [2.45, 2.75) is 24.9 Å².